The van der Waals surface area contributed by atoms with E-state index in [0.29, 0.717) is 0 Å². The average molecular weight is 196 g/mol. The number of sulfonamides is 1. The molecule has 0 aromatic heterocycles. The second-order valence-corrected chi connectivity index (χ2v) is 3.90. The standard InChI is InChI=1S/C4H8N2O5S/c1-2(12(5,10)11)6-3(7)4(8)9/h2H,1H3,(H,6,7)(H,8,9)(H2,5,10,11). The van der Waals surface area contributed by atoms with E-state index in [1.54, 1.807) is 5.32 Å². The van der Waals surface area contributed by atoms with Gasteiger partial charge in [0.2, 0.25) is 10.0 Å². The van der Waals surface area contributed by atoms with Crippen LogP contribution in [-0.2, 0) is 19.6 Å². The van der Waals surface area contributed by atoms with E-state index < -0.39 is 27.3 Å². The highest BCUT2D eigenvalue weighted by molar-refractivity contribution is 7.89. The number of amides is 1. The van der Waals surface area contributed by atoms with Crippen LogP contribution in [0, 0.1) is 0 Å². The Kier molecular flexibility index (Phi) is 3.16. The number of hydrogen-bond donors (Lipinski definition) is 3. The van der Waals surface area contributed by atoms with Crippen molar-refractivity contribution in [3.05, 3.63) is 0 Å². The maximum absolute atomic E-state index is 10.5. The van der Waals surface area contributed by atoms with Gasteiger partial charge in [-0.2, -0.15) is 0 Å². The maximum Gasteiger partial charge on any atom is 0.394 e. The van der Waals surface area contributed by atoms with Crippen molar-refractivity contribution in [2.45, 2.75) is 12.3 Å². The molecular weight excluding hydrogens is 188 g/mol. The Morgan fingerprint density at radius 2 is 1.92 bits per heavy atom. The fourth-order valence-electron chi connectivity index (χ4n) is 0.328. The second-order valence-electron chi connectivity index (χ2n) is 2.01. The second kappa shape index (κ2) is 3.50. The molecule has 0 aliphatic heterocycles. The summed E-state index contributed by atoms with van der Waals surface area (Å²) in [7, 11) is -3.93. The fourth-order valence-corrected chi connectivity index (χ4v) is 0.600. The van der Waals surface area contributed by atoms with E-state index in [2.05, 4.69) is 5.14 Å². The van der Waals surface area contributed by atoms with Gasteiger partial charge in [-0.3, -0.25) is 4.79 Å². The first-order valence-electron chi connectivity index (χ1n) is 2.80. The van der Waals surface area contributed by atoms with Crippen LogP contribution in [0.25, 0.3) is 0 Å². The molecule has 70 valence electrons. The molecule has 1 unspecified atom stereocenters. The zero-order valence-electron chi connectivity index (χ0n) is 6.14. The Hall–Kier alpha value is -1.15. The van der Waals surface area contributed by atoms with Crippen molar-refractivity contribution in [3.8, 4) is 0 Å². The molecule has 1 atom stereocenters. The quantitative estimate of drug-likeness (QED) is 0.433. The van der Waals surface area contributed by atoms with Crippen LogP contribution in [0.1, 0.15) is 6.92 Å². The van der Waals surface area contributed by atoms with Crippen LogP contribution in [0.4, 0.5) is 0 Å². The molecule has 0 aliphatic carbocycles. The van der Waals surface area contributed by atoms with Gasteiger partial charge in [-0.05, 0) is 6.92 Å². The van der Waals surface area contributed by atoms with Crippen molar-refractivity contribution in [1.29, 1.82) is 0 Å². The Labute approximate surface area is 68.6 Å². The number of carboxylic acids is 1. The van der Waals surface area contributed by atoms with Crippen LogP contribution in [-0.4, -0.2) is 30.8 Å². The van der Waals surface area contributed by atoms with E-state index in [9.17, 15) is 18.0 Å². The minimum Gasteiger partial charge on any atom is -0.474 e. The van der Waals surface area contributed by atoms with E-state index in [-0.39, 0.29) is 0 Å². The molecule has 8 heteroatoms. The first-order valence-corrected chi connectivity index (χ1v) is 4.41. The topological polar surface area (TPSA) is 127 Å². The molecule has 0 saturated carbocycles. The summed E-state index contributed by atoms with van der Waals surface area (Å²) in [4.78, 5) is 20.3. The average Bonchev–Trinajstić information content (AvgIpc) is 1.85. The molecule has 0 aromatic rings. The van der Waals surface area contributed by atoms with E-state index in [4.69, 9.17) is 5.11 Å². The lowest BCUT2D eigenvalue weighted by molar-refractivity contribution is -0.150. The molecule has 0 aliphatic rings. The predicted molar refractivity (Wildman–Crippen MR) is 38.3 cm³/mol. The monoisotopic (exact) mass is 196 g/mol. The molecule has 0 rings (SSSR count). The molecular formula is C4H8N2O5S. The summed E-state index contributed by atoms with van der Waals surface area (Å²) < 4.78 is 20.9. The Balaban J connectivity index is 4.31. The third-order valence-corrected chi connectivity index (χ3v) is 2.12. The number of nitrogens with two attached hydrogens (primary N) is 1. The van der Waals surface area contributed by atoms with Crippen LogP contribution >= 0.6 is 0 Å². The molecule has 7 nitrogen and oxygen atoms in total. The molecule has 0 spiro atoms. The normalized spacial score (nSPS) is 13.5. The van der Waals surface area contributed by atoms with Crippen molar-refractivity contribution in [3.63, 3.8) is 0 Å². The lowest BCUT2D eigenvalue weighted by atomic mass is 10.6. The maximum atomic E-state index is 10.5. The van der Waals surface area contributed by atoms with Gasteiger partial charge in [0.25, 0.3) is 0 Å². The Morgan fingerprint density at radius 3 is 2.17 bits per heavy atom. The van der Waals surface area contributed by atoms with Crippen molar-refractivity contribution < 1.29 is 23.1 Å². The van der Waals surface area contributed by atoms with E-state index >= 15 is 0 Å². The molecule has 0 saturated heterocycles. The summed E-state index contributed by atoms with van der Waals surface area (Å²) >= 11 is 0. The van der Waals surface area contributed by atoms with Crippen LogP contribution in [0.5, 0.6) is 0 Å². The van der Waals surface area contributed by atoms with Gasteiger partial charge in [0.15, 0.2) is 0 Å². The lowest BCUT2D eigenvalue weighted by Crippen LogP contribution is -2.44. The number of carbonyl (C=O) groups excluding carboxylic acids is 1. The number of nitrogens with one attached hydrogen (secondary N) is 1. The smallest absolute Gasteiger partial charge is 0.394 e. The molecule has 0 heterocycles. The number of hydrogen-bond acceptors (Lipinski definition) is 4. The van der Waals surface area contributed by atoms with Crippen molar-refractivity contribution in [2.75, 3.05) is 0 Å². The number of rotatable bonds is 2. The third-order valence-electron chi connectivity index (χ3n) is 1.02. The van der Waals surface area contributed by atoms with E-state index in [0.717, 1.165) is 6.92 Å². The summed E-state index contributed by atoms with van der Waals surface area (Å²) in [6.07, 6.45) is 0. The first kappa shape index (κ1) is 10.8. The minimum atomic E-state index is -3.93. The molecule has 0 bridgehead atoms. The van der Waals surface area contributed by atoms with Gasteiger partial charge in [0.1, 0.15) is 5.37 Å². The Morgan fingerprint density at radius 1 is 1.50 bits per heavy atom. The minimum absolute atomic E-state index is 1.07. The zero-order chi connectivity index (χ0) is 9.94. The van der Waals surface area contributed by atoms with Gasteiger partial charge in [0, 0.05) is 0 Å². The van der Waals surface area contributed by atoms with Gasteiger partial charge in [-0.15, -0.1) is 0 Å². The fraction of sp³-hybridized carbons (Fsp3) is 0.500. The first-order chi connectivity index (χ1) is 5.25. The molecule has 0 radical (unpaired) electrons. The van der Waals surface area contributed by atoms with Crippen molar-refractivity contribution in [1.82, 2.24) is 5.32 Å². The lowest BCUT2D eigenvalue weighted by Gasteiger charge is -2.08. The van der Waals surface area contributed by atoms with E-state index in [1.165, 1.54) is 0 Å². The highest BCUT2D eigenvalue weighted by Crippen LogP contribution is 1.88. The molecule has 1 amide bonds. The van der Waals surface area contributed by atoms with Crippen LogP contribution in [0.2, 0.25) is 0 Å². The van der Waals surface area contributed by atoms with Gasteiger partial charge >= 0.3 is 11.9 Å². The highest BCUT2D eigenvalue weighted by atomic mass is 32.2. The summed E-state index contributed by atoms with van der Waals surface area (Å²) in [6, 6.07) is 0. The summed E-state index contributed by atoms with van der Waals surface area (Å²) in [6.45, 7) is 1.07. The van der Waals surface area contributed by atoms with Gasteiger partial charge in [-0.25, -0.2) is 18.4 Å². The molecule has 4 N–H and O–H groups in total. The number of carbonyl (C=O) groups is 2. The van der Waals surface area contributed by atoms with Gasteiger partial charge in [0.05, 0.1) is 0 Å². The summed E-state index contributed by atoms with van der Waals surface area (Å²) in [5, 5.41) is 12.9. The number of aliphatic carboxylic acids is 1. The van der Waals surface area contributed by atoms with Crippen LogP contribution < -0.4 is 10.5 Å². The van der Waals surface area contributed by atoms with Gasteiger partial charge < -0.3 is 10.4 Å². The van der Waals surface area contributed by atoms with Crippen LogP contribution in [0.3, 0.4) is 0 Å². The summed E-state index contributed by atoms with van der Waals surface area (Å²) in [5.41, 5.74) is 0. The number of primary sulfonamides is 1. The largest absolute Gasteiger partial charge is 0.474 e. The molecule has 0 fully saturated rings. The van der Waals surface area contributed by atoms with Crippen molar-refractivity contribution >= 4 is 21.9 Å². The zero-order valence-corrected chi connectivity index (χ0v) is 6.96. The van der Waals surface area contributed by atoms with Crippen molar-refractivity contribution in [2.24, 2.45) is 5.14 Å². The van der Waals surface area contributed by atoms with E-state index in [1.807, 2.05) is 0 Å². The Bertz CT molecular complexity index is 295. The number of carboxylic acid groups (broad SMARTS) is 1. The SMILES string of the molecule is CC(NC(=O)C(=O)O)S(N)(=O)=O. The van der Waals surface area contributed by atoms with Crippen LogP contribution in [0.15, 0.2) is 0 Å². The molecule has 12 heavy (non-hydrogen) atoms. The molecule has 0 aromatic carbocycles. The predicted octanol–water partition coefficient (Wildman–Crippen LogP) is -2.18. The summed E-state index contributed by atoms with van der Waals surface area (Å²) in [5.74, 6) is -3.16. The van der Waals surface area contributed by atoms with Gasteiger partial charge in [-0.1, -0.05) is 0 Å². The highest BCUT2D eigenvalue weighted by Gasteiger charge is 2.21. The third kappa shape index (κ3) is 3.30.